The minimum Gasteiger partial charge on any atom is -0.455 e. The van der Waals surface area contributed by atoms with E-state index in [9.17, 15) is 0 Å². The number of benzene rings is 8. The van der Waals surface area contributed by atoms with Crippen molar-refractivity contribution < 1.29 is 4.42 Å². The van der Waals surface area contributed by atoms with Gasteiger partial charge in [-0.25, -0.2) is 15.0 Å². The first kappa shape index (κ1) is 30.3. The number of para-hydroxylation sites is 2. The molecule has 0 aliphatic carbocycles. The van der Waals surface area contributed by atoms with Crippen molar-refractivity contribution in [2.75, 3.05) is 0 Å². The molecule has 0 bridgehead atoms. The Morgan fingerprint density at radius 2 is 0.926 bits per heavy atom. The highest BCUT2D eigenvalue weighted by molar-refractivity contribution is 6.13. The molecule has 0 unspecified atom stereocenters. The summed E-state index contributed by atoms with van der Waals surface area (Å²) < 4.78 is 9.21. The van der Waals surface area contributed by atoms with Gasteiger partial charge in [0.15, 0.2) is 17.5 Å². The van der Waals surface area contributed by atoms with Crippen molar-refractivity contribution in [3.05, 3.63) is 182 Å². The zero-order valence-electron chi connectivity index (χ0n) is 29.0. The number of aromatic nitrogens is 4. The Morgan fingerprint density at radius 1 is 0.370 bits per heavy atom. The quantitative estimate of drug-likeness (QED) is 0.180. The molecule has 11 aromatic rings. The van der Waals surface area contributed by atoms with Crippen LogP contribution < -0.4 is 0 Å². The summed E-state index contributed by atoms with van der Waals surface area (Å²) in [6.45, 7) is 0. The zero-order chi connectivity index (χ0) is 35.6. The molecule has 3 heterocycles. The molecule has 5 heteroatoms. The maximum absolute atomic E-state index is 6.84. The average Bonchev–Trinajstić information content (AvgIpc) is 3.79. The first-order chi connectivity index (χ1) is 26.7. The summed E-state index contributed by atoms with van der Waals surface area (Å²) in [6, 6.07) is 63.3. The average molecular weight is 691 g/mol. The van der Waals surface area contributed by atoms with Crippen LogP contribution in [0.4, 0.5) is 0 Å². The maximum atomic E-state index is 6.84. The molecule has 0 amide bonds. The third-order valence-electron chi connectivity index (χ3n) is 10.4. The van der Waals surface area contributed by atoms with Gasteiger partial charge >= 0.3 is 0 Å². The molecule has 0 radical (unpaired) electrons. The molecular formula is C49H30N4O. The fourth-order valence-corrected chi connectivity index (χ4v) is 7.84. The summed E-state index contributed by atoms with van der Waals surface area (Å²) in [4.78, 5) is 15.1. The lowest BCUT2D eigenvalue weighted by molar-refractivity contribution is 0.670. The van der Waals surface area contributed by atoms with Crippen LogP contribution in [-0.4, -0.2) is 19.5 Å². The largest absolute Gasteiger partial charge is 0.455 e. The van der Waals surface area contributed by atoms with Crippen molar-refractivity contribution in [2.45, 2.75) is 0 Å². The highest BCUT2D eigenvalue weighted by Gasteiger charge is 2.20. The van der Waals surface area contributed by atoms with Gasteiger partial charge in [0.05, 0.1) is 11.0 Å². The van der Waals surface area contributed by atoms with Gasteiger partial charge in [0, 0.05) is 49.5 Å². The van der Waals surface area contributed by atoms with Crippen LogP contribution in [0, 0.1) is 0 Å². The van der Waals surface area contributed by atoms with E-state index in [1.807, 2.05) is 36.4 Å². The molecule has 0 fully saturated rings. The van der Waals surface area contributed by atoms with Crippen molar-refractivity contribution in [3.8, 4) is 51.0 Å². The second-order valence-electron chi connectivity index (χ2n) is 13.7. The van der Waals surface area contributed by atoms with Crippen LogP contribution >= 0.6 is 0 Å². The van der Waals surface area contributed by atoms with Crippen LogP contribution in [0.1, 0.15) is 0 Å². The van der Waals surface area contributed by atoms with E-state index in [2.05, 4.69) is 150 Å². The molecule has 0 atom stereocenters. The Balaban J connectivity index is 1.13. The van der Waals surface area contributed by atoms with Gasteiger partial charge in [0.25, 0.3) is 0 Å². The summed E-state index contributed by atoms with van der Waals surface area (Å²) in [6.07, 6.45) is 0. The Morgan fingerprint density at radius 3 is 1.63 bits per heavy atom. The molecule has 0 aliphatic rings. The van der Waals surface area contributed by atoms with E-state index >= 15 is 0 Å². The molecule has 0 N–H and O–H groups in total. The Kier molecular flexibility index (Phi) is 6.79. The molecule has 5 nitrogen and oxygen atoms in total. The van der Waals surface area contributed by atoms with Gasteiger partial charge in [0.1, 0.15) is 11.2 Å². The number of nitrogens with zero attached hydrogens (tertiary/aromatic N) is 4. The molecular weight excluding hydrogens is 661 g/mol. The van der Waals surface area contributed by atoms with Crippen LogP contribution in [0.5, 0.6) is 0 Å². The predicted molar refractivity (Wildman–Crippen MR) is 221 cm³/mol. The highest BCUT2D eigenvalue weighted by Crippen LogP contribution is 2.41. The zero-order valence-corrected chi connectivity index (χ0v) is 29.0. The number of hydrogen-bond donors (Lipinski definition) is 0. The van der Waals surface area contributed by atoms with E-state index in [1.54, 1.807) is 0 Å². The summed E-state index contributed by atoms with van der Waals surface area (Å²) >= 11 is 0. The lowest BCUT2D eigenvalue weighted by Gasteiger charge is -2.11. The normalized spacial score (nSPS) is 11.7. The number of rotatable bonds is 5. The number of furan rings is 1. The van der Waals surface area contributed by atoms with Gasteiger partial charge in [-0.15, -0.1) is 0 Å². The molecule has 252 valence electrons. The summed E-state index contributed by atoms with van der Waals surface area (Å²) in [5.74, 6) is 1.83. The Hall–Kier alpha value is -7.37. The van der Waals surface area contributed by atoms with Crippen LogP contribution in [0.2, 0.25) is 0 Å². The van der Waals surface area contributed by atoms with Crippen molar-refractivity contribution in [1.82, 2.24) is 19.5 Å². The third-order valence-corrected chi connectivity index (χ3v) is 10.4. The van der Waals surface area contributed by atoms with Crippen molar-refractivity contribution in [3.63, 3.8) is 0 Å². The van der Waals surface area contributed by atoms with Gasteiger partial charge in [-0.2, -0.15) is 0 Å². The molecule has 0 saturated heterocycles. The first-order valence-electron chi connectivity index (χ1n) is 18.1. The SMILES string of the molecule is c1ccc(-c2nc(-c3ccc4ccccc4c3)nc(-c3ccc4c(c3)oc3c(-c5ccccc5)cc(-n5c6ccccc6c6ccccc65)cc34)n2)cc1. The van der Waals surface area contributed by atoms with Crippen LogP contribution in [-0.2, 0) is 0 Å². The van der Waals surface area contributed by atoms with Crippen molar-refractivity contribution >= 4 is 54.5 Å². The monoisotopic (exact) mass is 690 g/mol. The molecule has 0 spiro atoms. The maximum Gasteiger partial charge on any atom is 0.164 e. The van der Waals surface area contributed by atoms with E-state index in [0.717, 1.165) is 60.8 Å². The number of hydrogen-bond acceptors (Lipinski definition) is 4. The van der Waals surface area contributed by atoms with Crippen LogP contribution in [0.25, 0.3) is 105 Å². The predicted octanol–water partition coefficient (Wildman–Crippen LogP) is 12.7. The second-order valence-corrected chi connectivity index (χ2v) is 13.7. The minimum absolute atomic E-state index is 0.587. The molecule has 0 saturated carbocycles. The van der Waals surface area contributed by atoms with Gasteiger partial charge in [0.2, 0.25) is 0 Å². The second kappa shape index (κ2) is 12.1. The van der Waals surface area contributed by atoms with Gasteiger partial charge < -0.3 is 8.98 Å². The lowest BCUT2D eigenvalue weighted by Crippen LogP contribution is -2.00. The standard InChI is InChI=1S/C49H30N4O/c1-3-14-32(15-4-1)41-29-37(53-43-21-11-9-19-38(43)39-20-10-12-22-44(39)53)30-42-40-26-25-36(28-45(40)54-46(41)42)49-51-47(33-16-5-2-6-17-33)50-48(52-49)35-24-23-31-13-7-8-18-34(31)27-35/h1-30H. The van der Waals surface area contributed by atoms with Gasteiger partial charge in [-0.1, -0.05) is 140 Å². The fraction of sp³-hybridized carbons (Fsp3) is 0. The van der Waals surface area contributed by atoms with E-state index in [1.165, 1.54) is 27.2 Å². The van der Waals surface area contributed by atoms with Gasteiger partial charge in [-0.3, -0.25) is 0 Å². The van der Waals surface area contributed by atoms with E-state index in [0.29, 0.717) is 17.5 Å². The number of fused-ring (bicyclic) bond motifs is 7. The Bertz CT molecular complexity index is 3160. The molecule has 11 rings (SSSR count). The highest BCUT2D eigenvalue weighted by atomic mass is 16.3. The van der Waals surface area contributed by atoms with Gasteiger partial charge in [-0.05, 0) is 58.8 Å². The van der Waals surface area contributed by atoms with Crippen molar-refractivity contribution in [2.24, 2.45) is 0 Å². The Labute approximate surface area is 310 Å². The molecule has 8 aromatic carbocycles. The van der Waals surface area contributed by atoms with E-state index < -0.39 is 0 Å². The molecule has 54 heavy (non-hydrogen) atoms. The summed E-state index contributed by atoms with van der Waals surface area (Å²) in [5, 5.41) is 6.84. The summed E-state index contributed by atoms with van der Waals surface area (Å²) in [5.41, 5.74) is 9.87. The summed E-state index contributed by atoms with van der Waals surface area (Å²) in [7, 11) is 0. The molecule has 0 aliphatic heterocycles. The first-order valence-corrected chi connectivity index (χ1v) is 18.1. The van der Waals surface area contributed by atoms with Crippen LogP contribution in [0.15, 0.2) is 186 Å². The van der Waals surface area contributed by atoms with Crippen molar-refractivity contribution in [1.29, 1.82) is 0 Å². The van der Waals surface area contributed by atoms with E-state index in [-0.39, 0.29) is 0 Å². The van der Waals surface area contributed by atoms with E-state index in [4.69, 9.17) is 19.4 Å². The fourth-order valence-electron chi connectivity index (χ4n) is 7.84. The minimum atomic E-state index is 0.587. The smallest absolute Gasteiger partial charge is 0.164 e. The lowest BCUT2D eigenvalue weighted by atomic mass is 10.0. The topological polar surface area (TPSA) is 56.7 Å². The molecule has 3 aromatic heterocycles. The van der Waals surface area contributed by atoms with Crippen LogP contribution in [0.3, 0.4) is 0 Å². The third kappa shape index (κ3) is 4.90.